The zero-order valence-electron chi connectivity index (χ0n) is 7.49. The van der Waals surface area contributed by atoms with E-state index in [9.17, 15) is 4.79 Å². The summed E-state index contributed by atoms with van der Waals surface area (Å²) in [7, 11) is 0. The third kappa shape index (κ3) is 2.21. The summed E-state index contributed by atoms with van der Waals surface area (Å²) in [5.74, 6) is -0.00509. The normalized spacial score (nSPS) is 32.8. The third-order valence-corrected chi connectivity index (χ3v) is 2.77. The van der Waals surface area contributed by atoms with Crippen molar-refractivity contribution in [2.75, 3.05) is 0 Å². The van der Waals surface area contributed by atoms with Crippen molar-refractivity contribution >= 4 is 5.97 Å². The Morgan fingerprint density at radius 2 is 2.25 bits per heavy atom. The molecule has 0 aromatic rings. The van der Waals surface area contributed by atoms with E-state index in [1.165, 1.54) is 6.42 Å². The highest BCUT2D eigenvalue weighted by Gasteiger charge is 2.28. The van der Waals surface area contributed by atoms with Gasteiger partial charge in [0.1, 0.15) is 6.04 Å². The van der Waals surface area contributed by atoms with Gasteiger partial charge in [0.2, 0.25) is 0 Å². The van der Waals surface area contributed by atoms with Crippen LogP contribution < -0.4 is 5.73 Å². The summed E-state index contributed by atoms with van der Waals surface area (Å²) in [6, 6.07) is -0.646. The molecule has 0 aromatic heterocycles. The molecule has 70 valence electrons. The maximum atomic E-state index is 10.6. The lowest BCUT2D eigenvalue weighted by Crippen LogP contribution is -2.40. The van der Waals surface area contributed by atoms with Gasteiger partial charge in [-0.1, -0.05) is 19.8 Å². The second-order valence-corrected chi connectivity index (χ2v) is 3.90. The quantitative estimate of drug-likeness (QED) is 0.656. The van der Waals surface area contributed by atoms with Gasteiger partial charge >= 0.3 is 5.97 Å². The molecule has 12 heavy (non-hydrogen) atoms. The van der Waals surface area contributed by atoms with Gasteiger partial charge in [0.15, 0.2) is 0 Å². The number of hydrogen-bond donors (Lipinski definition) is 2. The highest BCUT2D eigenvalue weighted by atomic mass is 16.4. The minimum Gasteiger partial charge on any atom is -0.480 e. The van der Waals surface area contributed by atoms with Crippen molar-refractivity contribution in [2.24, 2.45) is 17.6 Å². The van der Waals surface area contributed by atoms with Crippen molar-refractivity contribution in [2.45, 2.75) is 38.6 Å². The van der Waals surface area contributed by atoms with Crippen LogP contribution in [0.4, 0.5) is 0 Å². The fourth-order valence-electron chi connectivity index (χ4n) is 2.01. The monoisotopic (exact) mass is 171 g/mol. The summed E-state index contributed by atoms with van der Waals surface area (Å²) < 4.78 is 0. The van der Waals surface area contributed by atoms with Crippen molar-refractivity contribution in [3.8, 4) is 0 Å². The molecule has 1 fully saturated rings. The Balaban J connectivity index is 2.45. The molecule has 0 bridgehead atoms. The van der Waals surface area contributed by atoms with Crippen LogP contribution >= 0.6 is 0 Å². The van der Waals surface area contributed by atoms with Crippen molar-refractivity contribution in [1.82, 2.24) is 0 Å². The number of carboxylic acids is 1. The molecule has 3 nitrogen and oxygen atoms in total. The smallest absolute Gasteiger partial charge is 0.320 e. The van der Waals surface area contributed by atoms with Crippen molar-refractivity contribution < 1.29 is 9.90 Å². The second kappa shape index (κ2) is 3.90. The maximum Gasteiger partial charge on any atom is 0.320 e. The van der Waals surface area contributed by atoms with Gasteiger partial charge in [-0.05, 0) is 24.7 Å². The molecule has 3 heteroatoms. The number of carboxylic acid groups (broad SMARTS) is 1. The molecule has 1 aliphatic carbocycles. The summed E-state index contributed by atoms with van der Waals surface area (Å²) in [5, 5.41) is 8.70. The van der Waals surface area contributed by atoms with Gasteiger partial charge in [0.05, 0.1) is 0 Å². The number of aliphatic carboxylic acids is 1. The number of nitrogens with two attached hydrogens (primary N) is 1. The summed E-state index contributed by atoms with van der Waals surface area (Å²) >= 11 is 0. The van der Waals surface area contributed by atoms with Crippen molar-refractivity contribution in [3.63, 3.8) is 0 Å². The first-order valence-electron chi connectivity index (χ1n) is 4.59. The van der Waals surface area contributed by atoms with Crippen LogP contribution in [0.15, 0.2) is 0 Å². The van der Waals surface area contributed by atoms with E-state index in [-0.39, 0.29) is 5.92 Å². The Labute approximate surface area is 72.9 Å². The van der Waals surface area contributed by atoms with E-state index in [1.807, 2.05) is 0 Å². The van der Waals surface area contributed by atoms with Gasteiger partial charge in [0.25, 0.3) is 0 Å². The first-order chi connectivity index (χ1) is 5.61. The van der Waals surface area contributed by atoms with Crippen LogP contribution in [0, 0.1) is 11.8 Å². The summed E-state index contributed by atoms with van der Waals surface area (Å²) in [6.45, 7) is 2.17. The molecule has 0 aromatic carbocycles. The summed E-state index contributed by atoms with van der Waals surface area (Å²) in [4.78, 5) is 10.6. The van der Waals surface area contributed by atoms with E-state index >= 15 is 0 Å². The molecule has 0 heterocycles. The Bertz CT molecular complexity index is 170. The summed E-state index contributed by atoms with van der Waals surface area (Å²) in [5.41, 5.74) is 5.55. The molecular formula is C9H17NO2. The lowest BCUT2D eigenvalue weighted by molar-refractivity contribution is -0.140. The SMILES string of the molecule is CC1CCCC(C(N)C(=O)O)C1. The molecule has 3 unspecified atom stereocenters. The number of hydrogen-bond acceptors (Lipinski definition) is 2. The Morgan fingerprint density at radius 3 is 2.75 bits per heavy atom. The van der Waals surface area contributed by atoms with Gasteiger partial charge in [-0.15, -0.1) is 0 Å². The Morgan fingerprint density at radius 1 is 1.58 bits per heavy atom. The fourth-order valence-corrected chi connectivity index (χ4v) is 2.01. The minimum atomic E-state index is -0.853. The van der Waals surface area contributed by atoms with Crippen LogP contribution in [-0.4, -0.2) is 17.1 Å². The molecule has 3 atom stereocenters. The third-order valence-electron chi connectivity index (χ3n) is 2.77. The Kier molecular flexibility index (Phi) is 3.09. The maximum absolute atomic E-state index is 10.6. The zero-order chi connectivity index (χ0) is 9.14. The van der Waals surface area contributed by atoms with Crippen LogP contribution in [0.1, 0.15) is 32.6 Å². The number of rotatable bonds is 2. The van der Waals surface area contributed by atoms with Crippen LogP contribution in [0.5, 0.6) is 0 Å². The molecule has 3 N–H and O–H groups in total. The van der Waals surface area contributed by atoms with Gasteiger partial charge in [-0.3, -0.25) is 4.79 Å². The van der Waals surface area contributed by atoms with Crippen LogP contribution in [0.3, 0.4) is 0 Å². The first-order valence-corrected chi connectivity index (χ1v) is 4.59. The molecule has 1 aliphatic rings. The topological polar surface area (TPSA) is 63.3 Å². The van der Waals surface area contributed by atoms with Gasteiger partial charge in [-0.25, -0.2) is 0 Å². The van der Waals surface area contributed by atoms with E-state index < -0.39 is 12.0 Å². The molecular weight excluding hydrogens is 154 g/mol. The molecule has 1 rings (SSSR count). The van der Waals surface area contributed by atoms with Crippen molar-refractivity contribution in [3.05, 3.63) is 0 Å². The predicted molar refractivity (Wildman–Crippen MR) is 46.7 cm³/mol. The van der Waals surface area contributed by atoms with E-state index in [1.54, 1.807) is 0 Å². The van der Waals surface area contributed by atoms with Crippen molar-refractivity contribution in [1.29, 1.82) is 0 Å². The fraction of sp³-hybridized carbons (Fsp3) is 0.889. The van der Waals surface area contributed by atoms with Crippen LogP contribution in [0.2, 0.25) is 0 Å². The van der Waals surface area contributed by atoms with Gasteiger partial charge in [0, 0.05) is 0 Å². The lowest BCUT2D eigenvalue weighted by Gasteiger charge is -2.28. The largest absolute Gasteiger partial charge is 0.480 e. The van der Waals surface area contributed by atoms with Crippen LogP contribution in [0.25, 0.3) is 0 Å². The lowest BCUT2D eigenvalue weighted by atomic mass is 9.79. The molecule has 0 spiro atoms. The van der Waals surface area contributed by atoms with E-state index in [0.29, 0.717) is 5.92 Å². The van der Waals surface area contributed by atoms with Gasteiger partial charge in [-0.2, -0.15) is 0 Å². The average molecular weight is 171 g/mol. The van der Waals surface area contributed by atoms with Crippen LogP contribution in [-0.2, 0) is 4.79 Å². The Hall–Kier alpha value is -0.570. The highest BCUT2D eigenvalue weighted by molar-refractivity contribution is 5.73. The first kappa shape index (κ1) is 9.52. The van der Waals surface area contributed by atoms with E-state index in [2.05, 4.69) is 6.92 Å². The predicted octanol–water partition coefficient (Wildman–Crippen LogP) is 1.22. The molecule has 0 aliphatic heterocycles. The van der Waals surface area contributed by atoms with E-state index in [4.69, 9.17) is 10.8 Å². The second-order valence-electron chi connectivity index (χ2n) is 3.90. The highest BCUT2D eigenvalue weighted by Crippen LogP contribution is 2.30. The molecule has 1 saturated carbocycles. The van der Waals surface area contributed by atoms with Gasteiger partial charge < -0.3 is 10.8 Å². The number of carbonyl (C=O) groups is 1. The average Bonchev–Trinajstić information content (AvgIpc) is 2.03. The summed E-state index contributed by atoms with van der Waals surface area (Å²) in [6.07, 6.45) is 4.32. The zero-order valence-corrected chi connectivity index (χ0v) is 7.49. The molecule has 0 saturated heterocycles. The standard InChI is InChI=1S/C9H17NO2/c1-6-3-2-4-7(5-6)8(10)9(11)12/h6-8H,2-5,10H2,1H3,(H,11,12). The minimum absolute atomic E-state index is 0.200. The molecule has 0 amide bonds. The van der Waals surface area contributed by atoms with E-state index in [0.717, 1.165) is 19.3 Å². The molecule has 0 radical (unpaired) electrons.